The van der Waals surface area contributed by atoms with Crippen LogP contribution in [0.2, 0.25) is 0 Å². The number of carbonyl (C=O) groups is 2. The zero-order valence-electron chi connectivity index (χ0n) is 15.3. The minimum Gasteiger partial charge on any atom is -0.350 e. The molecule has 1 unspecified atom stereocenters. The summed E-state index contributed by atoms with van der Waals surface area (Å²) in [4.78, 5) is 24.4. The third-order valence-corrected chi connectivity index (χ3v) is 4.63. The normalized spacial score (nSPS) is 17.3. The third kappa shape index (κ3) is 4.57. The number of carbonyl (C=O) groups excluding carboxylic acids is 2. The molecule has 1 aliphatic rings. The van der Waals surface area contributed by atoms with E-state index in [1.54, 1.807) is 18.2 Å². The Morgan fingerprint density at radius 3 is 2.37 bits per heavy atom. The SMILES string of the molecule is O=C(NCC1CCCN1C(=O)C(F)(F)F)c1cn(-c2ccccc2)nc1C(F)(F)F. The maximum atomic E-state index is 13.3. The summed E-state index contributed by atoms with van der Waals surface area (Å²) >= 11 is 0. The summed E-state index contributed by atoms with van der Waals surface area (Å²) in [5, 5.41) is 5.65. The smallest absolute Gasteiger partial charge is 0.350 e. The van der Waals surface area contributed by atoms with E-state index in [9.17, 15) is 35.9 Å². The Morgan fingerprint density at radius 1 is 1.10 bits per heavy atom. The minimum atomic E-state index is -5.06. The number of amides is 2. The molecule has 1 fully saturated rings. The number of hydrogen-bond acceptors (Lipinski definition) is 3. The quantitative estimate of drug-likeness (QED) is 0.752. The molecule has 30 heavy (non-hydrogen) atoms. The standard InChI is InChI=1S/C18H16F6N4O2/c19-17(20,21)14-13(10-28(26-14)11-5-2-1-3-6-11)15(29)25-9-12-7-4-8-27(12)16(30)18(22,23)24/h1-3,5-6,10,12H,4,7-9H2,(H,25,29). The van der Waals surface area contributed by atoms with Crippen molar-refractivity contribution in [3.8, 4) is 5.69 Å². The first-order valence-electron chi connectivity index (χ1n) is 8.86. The third-order valence-electron chi connectivity index (χ3n) is 4.63. The number of nitrogens with one attached hydrogen (secondary N) is 1. The second-order valence-electron chi connectivity index (χ2n) is 6.67. The van der Waals surface area contributed by atoms with Crippen LogP contribution < -0.4 is 5.32 Å². The van der Waals surface area contributed by atoms with Gasteiger partial charge < -0.3 is 10.2 Å². The van der Waals surface area contributed by atoms with Crippen molar-refractivity contribution in [1.29, 1.82) is 0 Å². The number of halogens is 6. The molecule has 162 valence electrons. The van der Waals surface area contributed by atoms with Gasteiger partial charge in [-0.1, -0.05) is 18.2 Å². The fourth-order valence-corrected chi connectivity index (χ4v) is 3.25. The number of rotatable bonds is 4. The number of para-hydroxylation sites is 1. The van der Waals surface area contributed by atoms with Crippen LogP contribution in [-0.4, -0.2) is 51.8 Å². The molecule has 2 amide bonds. The van der Waals surface area contributed by atoms with Gasteiger partial charge in [-0.25, -0.2) is 4.68 Å². The van der Waals surface area contributed by atoms with Crippen LogP contribution in [0.25, 0.3) is 5.69 Å². The molecule has 0 saturated carbocycles. The number of likely N-dealkylation sites (tertiary alicyclic amines) is 1. The predicted molar refractivity (Wildman–Crippen MR) is 91.7 cm³/mol. The molecule has 0 bridgehead atoms. The molecule has 6 nitrogen and oxygen atoms in total. The van der Waals surface area contributed by atoms with Gasteiger partial charge in [-0.05, 0) is 25.0 Å². The van der Waals surface area contributed by atoms with Gasteiger partial charge in [-0.15, -0.1) is 0 Å². The lowest BCUT2D eigenvalue weighted by Crippen LogP contribution is -2.48. The van der Waals surface area contributed by atoms with Gasteiger partial charge in [0.15, 0.2) is 5.69 Å². The minimum absolute atomic E-state index is 0.140. The number of hydrogen-bond donors (Lipinski definition) is 1. The first-order valence-corrected chi connectivity index (χ1v) is 8.86. The molecular formula is C18H16F6N4O2. The summed E-state index contributed by atoms with van der Waals surface area (Å²) in [6.45, 7) is -0.549. The van der Waals surface area contributed by atoms with Crippen molar-refractivity contribution >= 4 is 11.8 Å². The summed E-state index contributed by atoms with van der Waals surface area (Å²) < 4.78 is 78.9. The maximum absolute atomic E-state index is 13.3. The molecule has 0 spiro atoms. The first kappa shape index (κ1) is 21.7. The van der Waals surface area contributed by atoms with Crippen LogP contribution in [0.15, 0.2) is 36.5 Å². The Bertz CT molecular complexity index is 923. The zero-order valence-corrected chi connectivity index (χ0v) is 15.3. The van der Waals surface area contributed by atoms with Crippen LogP contribution in [0, 0.1) is 0 Å². The maximum Gasteiger partial charge on any atom is 0.471 e. The molecule has 1 saturated heterocycles. The van der Waals surface area contributed by atoms with E-state index < -0.39 is 48.0 Å². The summed E-state index contributed by atoms with van der Waals surface area (Å²) in [6, 6.07) is 6.84. The van der Waals surface area contributed by atoms with Crippen LogP contribution in [0.1, 0.15) is 28.9 Å². The molecule has 1 aliphatic heterocycles. The molecule has 12 heteroatoms. The van der Waals surface area contributed by atoms with Gasteiger partial charge in [-0.3, -0.25) is 9.59 Å². The lowest BCUT2D eigenvalue weighted by Gasteiger charge is -2.25. The summed E-state index contributed by atoms with van der Waals surface area (Å²) in [6.07, 6.45) is -8.59. The van der Waals surface area contributed by atoms with Crippen molar-refractivity contribution in [2.24, 2.45) is 0 Å². The fraction of sp³-hybridized carbons (Fsp3) is 0.389. The van der Waals surface area contributed by atoms with Crippen LogP contribution in [0.4, 0.5) is 26.3 Å². The fourth-order valence-electron chi connectivity index (χ4n) is 3.25. The monoisotopic (exact) mass is 434 g/mol. The molecule has 1 N–H and O–H groups in total. The summed E-state index contributed by atoms with van der Waals surface area (Å²) in [5.41, 5.74) is -1.89. The Balaban J connectivity index is 1.78. The average Bonchev–Trinajstić information content (AvgIpc) is 3.32. The van der Waals surface area contributed by atoms with Crippen molar-refractivity contribution < 1.29 is 35.9 Å². The molecule has 0 aliphatic carbocycles. The second-order valence-corrected chi connectivity index (χ2v) is 6.67. The number of alkyl halides is 6. The molecule has 1 aromatic carbocycles. The Labute approximate surface area is 166 Å². The van der Waals surface area contributed by atoms with Crippen molar-refractivity contribution in [3.05, 3.63) is 47.8 Å². The van der Waals surface area contributed by atoms with Crippen LogP contribution in [0.3, 0.4) is 0 Å². The van der Waals surface area contributed by atoms with Crippen molar-refractivity contribution in [3.63, 3.8) is 0 Å². The van der Waals surface area contributed by atoms with Gasteiger partial charge in [0.25, 0.3) is 5.91 Å². The predicted octanol–water partition coefficient (Wildman–Crippen LogP) is 3.17. The highest BCUT2D eigenvalue weighted by Crippen LogP contribution is 2.31. The molecule has 3 rings (SSSR count). The van der Waals surface area contributed by atoms with Gasteiger partial charge in [0.1, 0.15) is 0 Å². The van der Waals surface area contributed by atoms with E-state index >= 15 is 0 Å². The first-order chi connectivity index (χ1) is 14.0. The van der Waals surface area contributed by atoms with Crippen molar-refractivity contribution in [1.82, 2.24) is 20.0 Å². The molecule has 1 aromatic heterocycles. The summed E-state index contributed by atoms with van der Waals surface area (Å²) in [5.74, 6) is -3.18. The van der Waals surface area contributed by atoms with Crippen LogP contribution in [0.5, 0.6) is 0 Å². The Kier molecular flexibility index (Phi) is 5.77. The Morgan fingerprint density at radius 2 is 1.77 bits per heavy atom. The number of benzene rings is 1. The van der Waals surface area contributed by atoms with Gasteiger partial charge in [0, 0.05) is 25.3 Å². The second kappa shape index (κ2) is 8.00. The molecule has 0 radical (unpaired) electrons. The zero-order chi connectivity index (χ0) is 22.1. The lowest BCUT2D eigenvalue weighted by atomic mass is 10.2. The largest absolute Gasteiger partial charge is 0.471 e. The summed E-state index contributed by atoms with van der Waals surface area (Å²) in [7, 11) is 0. The van der Waals surface area contributed by atoms with Crippen molar-refractivity contribution in [2.75, 3.05) is 13.1 Å². The van der Waals surface area contributed by atoms with Gasteiger partial charge in [-0.2, -0.15) is 31.4 Å². The molecule has 2 aromatic rings. The van der Waals surface area contributed by atoms with E-state index in [0.717, 1.165) is 10.9 Å². The molecular weight excluding hydrogens is 418 g/mol. The van der Waals surface area contributed by atoms with Gasteiger partial charge >= 0.3 is 18.3 Å². The van der Waals surface area contributed by atoms with E-state index in [0.29, 0.717) is 17.0 Å². The van der Waals surface area contributed by atoms with E-state index in [4.69, 9.17) is 0 Å². The lowest BCUT2D eigenvalue weighted by molar-refractivity contribution is -0.186. The molecule has 1 atom stereocenters. The van der Waals surface area contributed by atoms with E-state index in [-0.39, 0.29) is 13.0 Å². The topological polar surface area (TPSA) is 67.2 Å². The van der Waals surface area contributed by atoms with Crippen LogP contribution >= 0.6 is 0 Å². The van der Waals surface area contributed by atoms with Gasteiger partial charge in [0.05, 0.1) is 11.3 Å². The molecule has 2 heterocycles. The number of nitrogens with zero attached hydrogens (tertiary/aromatic N) is 3. The van der Waals surface area contributed by atoms with E-state index in [2.05, 4.69) is 10.4 Å². The van der Waals surface area contributed by atoms with Gasteiger partial charge in [0.2, 0.25) is 0 Å². The van der Waals surface area contributed by atoms with Crippen LogP contribution in [-0.2, 0) is 11.0 Å². The Hall–Kier alpha value is -3.05. The van der Waals surface area contributed by atoms with Crippen molar-refractivity contribution in [2.45, 2.75) is 31.2 Å². The van der Waals surface area contributed by atoms with E-state index in [1.165, 1.54) is 12.1 Å². The van der Waals surface area contributed by atoms with E-state index in [1.807, 2.05) is 0 Å². The highest BCUT2D eigenvalue weighted by molar-refractivity contribution is 5.95. The number of aromatic nitrogens is 2. The average molecular weight is 434 g/mol. The highest BCUT2D eigenvalue weighted by Gasteiger charge is 2.46. The highest BCUT2D eigenvalue weighted by atomic mass is 19.4.